The van der Waals surface area contributed by atoms with E-state index in [0.29, 0.717) is 0 Å². The molecule has 0 aliphatic carbocycles. The number of rotatable bonds is 4. The average molecular weight is 797 g/mol. The van der Waals surface area contributed by atoms with Crippen molar-refractivity contribution in [2.75, 3.05) is 0 Å². The molecule has 1 radical (unpaired) electrons. The Bertz CT molecular complexity index is 2300. The van der Waals surface area contributed by atoms with E-state index in [0.717, 1.165) is 55.8 Å². The number of pyridine rings is 4. The van der Waals surface area contributed by atoms with Crippen LogP contribution in [0.5, 0.6) is 0 Å². The van der Waals surface area contributed by atoms with Gasteiger partial charge in [0.25, 0.3) is 0 Å². The summed E-state index contributed by atoms with van der Waals surface area (Å²) < 4.78 is 0. The van der Waals surface area contributed by atoms with Crippen LogP contribution in [-0.4, -0.2) is 19.9 Å². The standard InChI is InChI=1S/C32H24N3.C11H8N.Ir/c1-20-7-8-27-29(11-20)28(16-32-30(27)12-22(3)17-35-32)26-15-25(18-33-19-26)23-5-4-6-24(14-23)31-13-21(2)9-10-34-31;1-2-6-10(7-3-1)11-8-4-5-9-12-11;/h4-5,7-19H,1-3H3;1-6,8-9H;/q2*-1;. The molecule has 4 aromatic heterocycles. The van der Waals surface area contributed by atoms with Crippen LogP contribution >= 0.6 is 0 Å². The normalized spacial score (nSPS) is 10.6. The third-order valence-corrected chi connectivity index (χ3v) is 8.12. The summed E-state index contributed by atoms with van der Waals surface area (Å²) in [5, 5.41) is 3.61. The predicted molar refractivity (Wildman–Crippen MR) is 193 cm³/mol. The zero-order valence-corrected chi connectivity index (χ0v) is 29.3. The first-order chi connectivity index (χ1) is 23.0. The minimum Gasteiger partial charge on any atom is -0.305 e. The maximum atomic E-state index is 4.74. The third kappa shape index (κ3) is 7.13. The van der Waals surface area contributed by atoms with Gasteiger partial charge in [-0.2, -0.15) is 0 Å². The molecule has 0 fully saturated rings. The molecule has 48 heavy (non-hydrogen) atoms. The molecule has 0 amide bonds. The van der Waals surface area contributed by atoms with Gasteiger partial charge in [0.15, 0.2) is 0 Å². The molecular formula is C43H32IrN4-2. The Morgan fingerprint density at radius 1 is 0.479 bits per heavy atom. The third-order valence-electron chi connectivity index (χ3n) is 8.12. The van der Waals surface area contributed by atoms with Crippen molar-refractivity contribution >= 4 is 21.7 Å². The van der Waals surface area contributed by atoms with Crippen molar-refractivity contribution in [2.24, 2.45) is 0 Å². The summed E-state index contributed by atoms with van der Waals surface area (Å²) in [6.07, 6.45) is 9.43. The molecule has 0 spiro atoms. The topological polar surface area (TPSA) is 51.6 Å². The number of hydrogen-bond acceptors (Lipinski definition) is 4. The van der Waals surface area contributed by atoms with Crippen molar-refractivity contribution in [1.29, 1.82) is 0 Å². The van der Waals surface area contributed by atoms with Gasteiger partial charge in [-0.1, -0.05) is 53.1 Å². The first kappa shape index (κ1) is 32.6. The van der Waals surface area contributed by atoms with Gasteiger partial charge in [0.2, 0.25) is 0 Å². The summed E-state index contributed by atoms with van der Waals surface area (Å²) in [6, 6.07) is 43.7. The van der Waals surface area contributed by atoms with Crippen molar-refractivity contribution in [3.8, 4) is 44.8 Å². The molecule has 0 saturated heterocycles. The molecule has 8 rings (SSSR count). The van der Waals surface area contributed by atoms with Gasteiger partial charge in [-0.3, -0.25) is 9.97 Å². The van der Waals surface area contributed by atoms with E-state index in [-0.39, 0.29) is 20.1 Å². The van der Waals surface area contributed by atoms with Gasteiger partial charge >= 0.3 is 0 Å². The van der Waals surface area contributed by atoms with E-state index in [2.05, 4.69) is 102 Å². The maximum Gasteiger partial charge on any atom is 0.0714 e. The molecule has 235 valence electrons. The van der Waals surface area contributed by atoms with Crippen LogP contribution in [-0.2, 0) is 20.1 Å². The Hall–Kier alpha value is -5.35. The number of nitrogens with zero attached hydrogens (tertiary/aromatic N) is 4. The Morgan fingerprint density at radius 2 is 1.27 bits per heavy atom. The van der Waals surface area contributed by atoms with Crippen molar-refractivity contribution in [3.05, 3.63) is 169 Å². The summed E-state index contributed by atoms with van der Waals surface area (Å²) in [7, 11) is 0. The quantitative estimate of drug-likeness (QED) is 0.132. The van der Waals surface area contributed by atoms with Crippen LogP contribution in [0, 0.1) is 32.9 Å². The molecule has 4 aromatic carbocycles. The number of aromatic nitrogens is 4. The van der Waals surface area contributed by atoms with Gasteiger partial charge in [-0.15, -0.1) is 65.7 Å². The summed E-state index contributed by atoms with van der Waals surface area (Å²) >= 11 is 0. The second-order valence-electron chi connectivity index (χ2n) is 11.7. The van der Waals surface area contributed by atoms with Gasteiger partial charge < -0.3 is 9.97 Å². The molecule has 4 nitrogen and oxygen atoms in total. The van der Waals surface area contributed by atoms with Crippen LogP contribution in [0.25, 0.3) is 66.4 Å². The van der Waals surface area contributed by atoms with Crippen LogP contribution in [0.2, 0.25) is 0 Å². The molecule has 8 aromatic rings. The molecule has 0 aliphatic heterocycles. The summed E-state index contributed by atoms with van der Waals surface area (Å²) in [5.74, 6) is 0. The summed E-state index contributed by atoms with van der Waals surface area (Å²) in [6.45, 7) is 6.30. The number of hydrogen-bond donors (Lipinski definition) is 0. The Labute approximate surface area is 295 Å². The first-order valence-corrected chi connectivity index (χ1v) is 15.6. The molecule has 0 saturated carbocycles. The number of fused-ring (bicyclic) bond motifs is 3. The first-order valence-electron chi connectivity index (χ1n) is 15.6. The molecule has 4 heterocycles. The van der Waals surface area contributed by atoms with Crippen molar-refractivity contribution < 1.29 is 20.1 Å². The fourth-order valence-corrected chi connectivity index (χ4v) is 5.78. The SMILES string of the molecule is Cc1ccnc(-c2[c-]ccc(-c3cncc(-c4cc5ncc(C)cc5c5ccc(C)cc45)c3)c2)c1.[Ir].[c-]1ccccc1-c1ccccn1. The van der Waals surface area contributed by atoms with E-state index in [9.17, 15) is 0 Å². The monoisotopic (exact) mass is 797 g/mol. The van der Waals surface area contributed by atoms with Crippen LogP contribution in [0.4, 0.5) is 0 Å². The number of aryl methyl sites for hydroxylation is 3. The van der Waals surface area contributed by atoms with Gasteiger partial charge in [0.1, 0.15) is 0 Å². The molecule has 0 aliphatic rings. The van der Waals surface area contributed by atoms with Gasteiger partial charge in [0, 0.05) is 62.0 Å². The van der Waals surface area contributed by atoms with E-state index in [1.807, 2.05) is 79.4 Å². The minimum absolute atomic E-state index is 0. The predicted octanol–water partition coefficient (Wildman–Crippen LogP) is 10.5. The molecular weight excluding hydrogens is 765 g/mol. The maximum absolute atomic E-state index is 4.74. The van der Waals surface area contributed by atoms with Crippen molar-refractivity contribution in [1.82, 2.24) is 19.9 Å². The van der Waals surface area contributed by atoms with Crippen LogP contribution < -0.4 is 0 Å². The van der Waals surface area contributed by atoms with E-state index < -0.39 is 0 Å². The van der Waals surface area contributed by atoms with Gasteiger partial charge in [0.05, 0.1) is 5.52 Å². The van der Waals surface area contributed by atoms with Crippen molar-refractivity contribution in [2.45, 2.75) is 20.8 Å². The van der Waals surface area contributed by atoms with Gasteiger partial charge in [-0.05, 0) is 90.0 Å². The Balaban J connectivity index is 0.000000260. The molecule has 0 atom stereocenters. The second-order valence-corrected chi connectivity index (χ2v) is 11.7. The smallest absolute Gasteiger partial charge is 0.0714 e. The fraction of sp³-hybridized carbons (Fsp3) is 0.0698. The molecule has 5 heteroatoms. The molecule has 0 bridgehead atoms. The Morgan fingerprint density at radius 3 is 2.08 bits per heavy atom. The van der Waals surface area contributed by atoms with Crippen LogP contribution in [0.3, 0.4) is 0 Å². The van der Waals surface area contributed by atoms with Crippen LogP contribution in [0.1, 0.15) is 16.7 Å². The second kappa shape index (κ2) is 14.6. The zero-order valence-electron chi connectivity index (χ0n) is 26.9. The van der Waals surface area contributed by atoms with E-state index in [1.54, 1.807) is 6.20 Å². The van der Waals surface area contributed by atoms with Crippen molar-refractivity contribution in [3.63, 3.8) is 0 Å². The van der Waals surface area contributed by atoms with Gasteiger partial charge in [-0.25, -0.2) is 0 Å². The zero-order chi connectivity index (χ0) is 32.2. The van der Waals surface area contributed by atoms with E-state index in [4.69, 9.17) is 4.98 Å². The van der Waals surface area contributed by atoms with E-state index in [1.165, 1.54) is 27.3 Å². The Kier molecular flexibility index (Phi) is 9.91. The summed E-state index contributed by atoms with van der Waals surface area (Å²) in [4.78, 5) is 18.1. The van der Waals surface area contributed by atoms with Crippen LogP contribution in [0.15, 0.2) is 140 Å². The summed E-state index contributed by atoms with van der Waals surface area (Å²) in [5.41, 5.74) is 12.8. The average Bonchev–Trinajstić information content (AvgIpc) is 3.12. The molecule has 0 N–H and O–H groups in total. The number of benzene rings is 4. The largest absolute Gasteiger partial charge is 0.305 e. The molecule has 0 unspecified atom stereocenters. The van der Waals surface area contributed by atoms with E-state index >= 15 is 0 Å². The minimum atomic E-state index is 0. The fourth-order valence-electron chi connectivity index (χ4n) is 5.78.